The fraction of sp³-hybridized carbons (Fsp3) is 0.867. The molecule has 20 heavy (non-hydrogen) atoms. The molecule has 2 heterocycles. The molecule has 1 saturated carbocycles. The van der Waals surface area contributed by atoms with Crippen LogP contribution in [0.15, 0.2) is 4.52 Å². The van der Waals surface area contributed by atoms with Gasteiger partial charge in [-0.2, -0.15) is 16.7 Å². The van der Waals surface area contributed by atoms with Crippen molar-refractivity contribution in [1.29, 1.82) is 0 Å². The third kappa shape index (κ3) is 3.19. The van der Waals surface area contributed by atoms with Crippen LogP contribution in [-0.2, 0) is 0 Å². The SMILES string of the molecule is CNC1CCCCCC1c1nc(C2CCCCS2)no1. The van der Waals surface area contributed by atoms with Crippen molar-refractivity contribution in [3.8, 4) is 0 Å². The molecule has 3 rings (SSSR count). The Morgan fingerprint density at radius 3 is 2.75 bits per heavy atom. The van der Waals surface area contributed by atoms with Crippen LogP contribution in [0, 0.1) is 0 Å². The van der Waals surface area contributed by atoms with E-state index in [2.05, 4.69) is 17.5 Å². The first-order valence-electron chi connectivity index (χ1n) is 8.01. The van der Waals surface area contributed by atoms with Crippen LogP contribution in [-0.4, -0.2) is 29.0 Å². The molecule has 0 aromatic carbocycles. The van der Waals surface area contributed by atoms with Crippen LogP contribution >= 0.6 is 11.8 Å². The molecule has 3 unspecified atom stereocenters. The van der Waals surface area contributed by atoms with E-state index in [1.807, 2.05) is 11.8 Å². The van der Waals surface area contributed by atoms with E-state index in [9.17, 15) is 0 Å². The standard InChI is InChI=1S/C15H25N3OS/c1-16-12-8-4-2-3-7-11(12)15-17-14(18-19-15)13-9-5-6-10-20-13/h11-13,16H,2-10H2,1H3. The summed E-state index contributed by atoms with van der Waals surface area (Å²) in [6, 6.07) is 0.491. The molecule has 5 heteroatoms. The van der Waals surface area contributed by atoms with Gasteiger partial charge in [-0.3, -0.25) is 0 Å². The maximum atomic E-state index is 5.63. The van der Waals surface area contributed by atoms with E-state index in [1.54, 1.807) is 0 Å². The molecule has 0 bridgehead atoms. The van der Waals surface area contributed by atoms with Crippen molar-refractivity contribution < 1.29 is 4.52 Å². The summed E-state index contributed by atoms with van der Waals surface area (Å²) in [6.45, 7) is 0. The second kappa shape index (κ2) is 6.94. The smallest absolute Gasteiger partial charge is 0.231 e. The zero-order valence-electron chi connectivity index (χ0n) is 12.3. The van der Waals surface area contributed by atoms with Gasteiger partial charge in [-0.15, -0.1) is 0 Å². The summed E-state index contributed by atoms with van der Waals surface area (Å²) >= 11 is 1.99. The average molecular weight is 295 g/mol. The molecule has 0 amide bonds. The molecular weight excluding hydrogens is 270 g/mol. The Labute approximate surface area is 125 Å². The summed E-state index contributed by atoms with van der Waals surface area (Å²) in [5, 5.41) is 8.19. The summed E-state index contributed by atoms with van der Waals surface area (Å²) in [6.07, 6.45) is 10.1. The highest BCUT2D eigenvalue weighted by Crippen LogP contribution is 2.38. The zero-order chi connectivity index (χ0) is 13.8. The molecule has 1 aromatic heterocycles. The minimum absolute atomic E-state index is 0.400. The minimum atomic E-state index is 0.400. The number of thioether (sulfide) groups is 1. The Morgan fingerprint density at radius 2 is 1.95 bits per heavy atom. The number of hydrogen-bond acceptors (Lipinski definition) is 5. The van der Waals surface area contributed by atoms with Gasteiger partial charge in [0.05, 0.1) is 11.2 Å². The Bertz CT molecular complexity index is 417. The van der Waals surface area contributed by atoms with Gasteiger partial charge in [0, 0.05) is 6.04 Å². The Morgan fingerprint density at radius 1 is 1.10 bits per heavy atom. The fourth-order valence-corrected chi connectivity index (χ4v) is 4.66. The van der Waals surface area contributed by atoms with Crippen molar-refractivity contribution in [3.05, 3.63) is 11.7 Å². The van der Waals surface area contributed by atoms with Crippen LogP contribution in [0.25, 0.3) is 0 Å². The van der Waals surface area contributed by atoms with E-state index >= 15 is 0 Å². The number of rotatable bonds is 3. The summed E-state index contributed by atoms with van der Waals surface area (Å²) in [7, 11) is 2.05. The molecule has 2 aliphatic rings. The average Bonchev–Trinajstić information content (AvgIpc) is 2.87. The lowest BCUT2D eigenvalue weighted by Gasteiger charge is -2.21. The van der Waals surface area contributed by atoms with Crippen molar-refractivity contribution in [2.45, 2.75) is 68.6 Å². The highest BCUT2D eigenvalue weighted by atomic mass is 32.2. The lowest BCUT2D eigenvalue weighted by Crippen LogP contribution is -2.31. The van der Waals surface area contributed by atoms with Crippen molar-refractivity contribution in [1.82, 2.24) is 15.5 Å². The van der Waals surface area contributed by atoms with Crippen LogP contribution in [0.2, 0.25) is 0 Å². The first kappa shape index (κ1) is 14.4. The van der Waals surface area contributed by atoms with Gasteiger partial charge in [0.25, 0.3) is 0 Å². The summed E-state index contributed by atoms with van der Waals surface area (Å²) in [4.78, 5) is 4.76. The quantitative estimate of drug-likeness (QED) is 0.862. The van der Waals surface area contributed by atoms with Crippen LogP contribution in [0.5, 0.6) is 0 Å². The van der Waals surface area contributed by atoms with Gasteiger partial charge in [0.2, 0.25) is 5.89 Å². The third-order valence-corrected chi connectivity index (χ3v) is 6.00. The summed E-state index contributed by atoms with van der Waals surface area (Å²) in [5.74, 6) is 3.44. The number of nitrogens with one attached hydrogen (secondary N) is 1. The predicted molar refractivity (Wildman–Crippen MR) is 82.0 cm³/mol. The molecule has 1 aliphatic carbocycles. The van der Waals surface area contributed by atoms with Gasteiger partial charge in [-0.25, -0.2) is 0 Å². The van der Waals surface area contributed by atoms with Gasteiger partial charge in [-0.05, 0) is 38.5 Å². The third-order valence-electron chi connectivity index (χ3n) is 4.63. The fourth-order valence-electron chi connectivity index (χ4n) is 3.42. The summed E-state index contributed by atoms with van der Waals surface area (Å²) < 4.78 is 5.63. The molecule has 4 nitrogen and oxygen atoms in total. The molecular formula is C15H25N3OS. The Hall–Kier alpha value is -0.550. The lowest BCUT2D eigenvalue weighted by atomic mass is 9.95. The van der Waals surface area contributed by atoms with Crippen molar-refractivity contribution in [2.24, 2.45) is 0 Å². The Kier molecular flexibility index (Phi) is 4.99. The second-order valence-corrected chi connectivity index (χ2v) is 7.30. The van der Waals surface area contributed by atoms with E-state index in [0.717, 1.165) is 11.7 Å². The number of hydrogen-bond donors (Lipinski definition) is 1. The van der Waals surface area contributed by atoms with Gasteiger partial charge in [0.1, 0.15) is 0 Å². The van der Waals surface area contributed by atoms with Crippen LogP contribution in [0.4, 0.5) is 0 Å². The first-order chi connectivity index (χ1) is 9.88. The molecule has 1 aromatic rings. The van der Waals surface area contributed by atoms with Crippen LogP contribution in [0.3, 0.4) is 0 Å². The maximum Gasteiger partial charge on any atom is 0.231 e. The predicted octanol–water partition coefficient (Wildman–Crippen LogP) is 3.66. The topological polar surface area (TPSA) is 51.0 Å². The first-order valence-corrected chi connectivity index (χ1v) is 9.05. The molecule has 1 saturated heterocycles. The molecule has 1 aliphatic heterocycles. The minimum Gasteiger partial charge on any atom is -0.339 e. The number of likely N-dealkylation sites (N-methyl/N-ethyl adjacent to an activating group) is 1. The maximum absolute atomic E-state index is 5.63. The van der Waals surface area contributed by atoms with E-state index in [0.29, 0.717) is 17.2 Å². The van der Waals surface area contributed by atoms with E-state index in [-0.39, 0.29) is 0 Å². The number of nitrogens with zero attached hydrogens (tertiary/aromatic N) is 2. The largest absolute Gasteiger partial charge is 0.339 e. The van der Waals surface area contributed by atoms with Gasteiger partial charge >= 0.3 is 0 Å². The molecule has 2 fully saturated rings. The van der Waals surface area contributed by atoms with Gasteiger partial charge < -0.3 is 9.84 Å². The monoisotopic (exact) mass is 295 g/mol. The Balaban J connectivity index is 1.73. The molecule has 0 spiro atoms. The van der Waals surface area contributed by atoms with Crippen molar-refractivity contribution in [2.75, 3.05) is 12.8 Å². The zero-order valence-corrected chi connectivity index (χ0v) is 13.1. The second-order valence-electron chi connectivity index (χ2n) is 5.99. The van der Waals surface area contributed by atoms with Crippen molar-refractivity contribution >= 4 is 11.8 Å². The van der Waals surface area contributed by atoms with E-state index in [4.69, 9.17) is 9.51 Å². The van der Waals surface area contributed by atoms with Crippen LogP contribution in [0.1, 0.15) is 74.2 Å². The lowest BCUT2D eigenvalue weighted by molar-refractivity contribution is 0.308. The van der Waals surface area contributed by atoms with Gasteiger partial charge in [0.15, 0.2) is 5.82 Å². The summed E-state index contributed by atoms with van der Waals surface area (Å²) in [5.41, 5.74) is 0. The molecule has 3 atom stereocenters. The van der Waals surface area contributed by atoms with E-state index in [1.165, 1.54) is 57.1 Å². The highest BCUT2D eigenvalue weighted by molar-refractivity contribution is 7.99. The van der Waals surface area contributed by atoms with Gasteiger partial charge in [-0.1, -0.05) is 30.8 Å². The van der Waals surface area contributed by atoms with E-state index < -0.39 is 0 Å². The molecule has 0 radical (unpaired) electrons. The molecule has 1 N–H and O–H groups in total. The molecule has 112 valence electrons. The highest BCUT2D eigenvalue weighted by Gasteiger charge is 2.30. The van der Waals surface area contributed by atoms with Crippen LogP contribution < -0.4 is 5.32 Å². The number of aromatic nitrogens is 2. The normalized spacial score (nSPS) is 31.9. The van der Waals surface area contributed by atoms with Crippen molar-refractivity contribution in [3.63, 3.8) is 0 Å².